The molecule has 0 aromatic heterocycles. The maximum atomic E-state index is 12.7. The predicted molar refractivity (Wildman–Crippen MR) is 123 cm³/mol. The molecule has 2 amide bonds. The molecule has 0 spiro atoms. The van der Waals surface area contributed by atoms with E-state index in [-0.39, 0.29) is 30.2 Å². The van der Waals surface area contributed by atoms with Gasteiger partial charge in [0.05, 0.1) is 20.6 Å². The van der Waals surface area contributed by atoms with Crippen LogP contribution in [0.3, 0.4) is 0 Å². The molecule has 2 aromatic carbocycles. The summed E-state index contributed by atoms with van der Waals surface area (Å²) in [6, 6.07) is 12.3. The van der Waals surface area contributed by atoms with Gasteiger partial charge in [0.25, 0.3) is 5.91 Å². The van der Waals surface area contributed by atoms with Crippen molar-refractivity contribution in [3.8, 4) is 17.2 Å². The van der Waals surface area contributed by atoms with Gasteiger partial charge in [-0.25, -0.2) is 0 Å². The van der Waals surface area contributed by atoms with E-state index in [4.69, 9.17) is 14.2 Å². The van der Waals surface area contributed by atoms with Gasteiger partial charge in [-0.2, -0.15) is 0 Å². The highest BCUT2D eigenvalue weighted by Gasteiger charge is 2.24. The lowest BCUT2D eigenvalue weighted by atomic mass is 10.0. The number of amides is 2. The number of hydrogen-bond acceptors (Lipinski definition) is 6. The minimum absolute atomic E-state index is 0.0154. The van der Waals surface area contributed by atoms with Crippen molar-refractivity contribution in [2.45, 2.75) is 32.2 Å². The van der Waals surface area contributed by atoms with Crippen LogP contribution in [0, 0.1) is 0 Å². The molecule has 0 saturated carbocycles. The van der Waals surface area contributed by atoms with Crippen molar-refractivity contribution in [1.82, 2.24) is 10.2 Å². The Morgan fingerprint density at radius 2 is 1.67 bits per heavy atom. The number of likely N-dealkylation sites (tertiary alicyclic amines) is 1. The fourth-order valence-electron chi connectivity index (χ4n) is 3.82. The van der Waals surface area contributed by atoms with Crippen LogP contribution in [0.5, 0.6) is 17.2 Å². The number of methoxy groups -OCH3 is 2. The number of ether oxygens (including phenoxy) is 3. The van der Waals surface area contributed by atoms with Crippen molar-refractivity contribution in [3.63, 3.8) is 0 Å². The van der Waals surface area contributed by atoms with E-state index in [2.05, 4.69) is 5.32 Å². The van der Waals surface area contributed by atoms with Gasteiger partial charge in [-0.3, -0.25) is 14.4 Å². The Morgan fingerprint density at radius 3 is 2.33 bits per heavy atom. The number of nitrogens with one attached hydrogen (secondary N) is 1. The molecule has 176 valence electrons. The predicted octanol–water partition coefficient (Wildman–Crippen LogP) is 2.64. The maximum absolute atomic E-state index is 12.7. The average Bonchev–Trinajstić information content (AvgIpc) is 2.83. The van der Waals surface area contributed by atoms with Crippen molar-refractivity contribution < 1.29 is 28.6 Å². The second-order valence-electron chi connectivity index (χ2n) is 7.92. The van der Waals surface area contributed by atoms with Crippen LogP contribution < -0.4 is 19.5 Å². The van der Waals surface area contributed by atoms with Gasteiger partial charge in [0.15, 0.2) is 23.9 Å². The third-order valence-corrected chi connectivity index (χ3v) is 5.68. The van der Waals surface area contributed by atoms with E-state index in [1.165, 1.54) is 14.0 Å². The first kappa shape index (κ1) is 24.1. The fourth-order valence-corrected chi connectivity index (χ4v) is 3.82. The van der Waals surface area contributed by atoms with Crippen LogP contribution in [0.2, 0.25) is 0 Å². The standard InChI is InChI=1S/C25H30N2O6/c1-17(28)18-8-9-22(23(14-18)32-3)33-16-24(29)26-20-10-12-27(13-11-20)25(30)15-19-6-4-5-7-21(19)31-2/h4-9,14,20H,10-13,15-16H2,1-3H3,(H,26,29). The van der Waals surface area contributed by atoms with Gasteiger partial charge in [-0.1, -0.05) is 18.2 Å². The lowest BCUT2D eigenvalue weighted by molar-refractivity contribution is -0.131. The summed E-state index contributed by atoms with van der Waals surface area (Å²) in [7, 11) is 3.08. The first-order chi connectivity index (χ1) is 15.9. The van der Waals surface area contributed by atoms with Crippen LogP contribution in [-0.2, 0) is 16.0 Å². The molecule has 0 aliphatic carbocycles. The van der Waals surface area contributed by atoms with Gasteiger partial charge in [0, 0.05) is 30.3 Å². The Balaban J connectivity index is 1.45. The zero-order valence-corrected chi connectivity index (χ0v) is 19.3. The molecule has 8 nitrogen and oxygen atoms in total. The van der Waals surface area contributed by atoms with Gasteiger partial charge in [0.1, 0.15) is 5.75 Å². The van der Waals surface area contributed by atoms with E-state index in [0.717, 1.165) is 5.56 Å². The van der Waals surface area contributed by atoms with Crippen LogP contribution in [0.4, 0.5) is 0 Å². The summed E-state index contributed by atoms with van der Waals surface area (Å²) in [6.45, 7) is 2.48. The Kier molecular flexibility index (Phi) is 8.29. The molecular formula is C25H30N2O6. The molecular weight excluding hydrogens is 424 g/mol. The molecule has 33 heavy (non-hydrogen) atoms. The van der Waals surface area contributed by atoms with Crippen LogP contribution in [0.15, 0.2) is 42.5 Å². The molecule has 1 heterocycles. The topological polar surface area (TPSA) is 94.2 Å². The number of piperidine rings is 1. The summed E-state index contributed by atoms with van der Waals surface area (Å²) in [5, 5.41) is 2.97. The lowest BCUT2D eigenvalue weighted by Crippen LogP contribution is -2.47. The zero-order valence-electron chi connectivity index (χ0n) is 19.3. The molecule has 1 fully saturated rings. The normalized spacial score (nSPS) is 13.8. The summed E-state index contributed by atoms with van der Waals surface area (Å²) in [5.74, 6) is 1.23. The van der Waals surface area contributed by atoms with Gasteiger partial charge in [0.2, 0.25) is 5.91 Å². The average molecular weight is 455 g/mol. The van der Waals surface area contributed by atoms with Gasteiger partial charge >= 0.3 is 0 Å². The van der Waals surface area contributed by atoms with E-state index in [1.807, 2.05) is 29.2 Å². The summed E-state index contributed by atoms with van der Waals surface area (Å²) in [6.07, 6.45) is 1.65. The molecule has 1 N–H and O–H groups in total. The van der Waals surface area contributed by atoms with Crippen molar-refractivity contribution in [2.24, 2.45) is 0 Å². The molecule has 0 bridgehead atoms. The third-order valence-electron chi connectivity index (χ3n) is 5.68. The summed E-state index contributed by atoms with van der Waals surface area (Å²) in [4.78, 5) is 38.4. The molecule has 1 saturated heterocycles. The van der Waals surface area contributed by atoms with Crippen molar-refractivity contribution in [2.75, 3.05) is 33.9 Å². The Labute approximate surface area is 193 Å². The number of nitrogens with zero attached hydrogens (tertiary/aromatic N) is 1. The Hall–Kier alpha value is -3.55. The number of hydrogen-bond donors (Lipinski definition) is 1. The smallest absolute Gasteiger partial charge is 0.258 e. The number of para-hydroxylation sites is 1. The number of benzene rings is 2. The molecule has 0 unspecified atom stereocenters. The first-order valence-corrected chi connectivity index (χ1v) is 10.9. The van der Waals surface area contributed by atoms with E-state index >= 15 is 0 Å². The van der Waals surface area contributed by atoms with Gasteiger partial charge in [-0.05, 0) is 44.0 Å². The number of carbonyl (C=O) groups excluding carboxylic acids is 3. The summed E-state index contributed by atoms with van der Waals surface area (Å²) < 4.78 is 16.2. The zero-order chi connectivity index (χ0) is 23.8. The maximum Gasteiger partial charge on any atom is 0.258 e. The number of Topliss-reactive ketones (excluding diaryl/α,β-unsaturated/α-hetero) is 1. The second kappa shape index (κ2) is 11.4. The molecule has 3 rings (SSSR count). The minimum Gasteiger partial charge on any atom is -0.496 e. The van der Waals surface area contributed by atoms with E-state index in [1.54, 1.807) is 25.3 Å². The SMILES string of the molecule is COc1ccccc1CC(=O)N1CCC(NC(=O)COc2ccc(C(C)=O)cc2OC)CC1. The largest absolute Gasteiger partial charge is 0.496 e. The Bertz CT molecular complexity index is 998. The minimum atomic E-state index is -0.244. The fraction of sp³-hybridized carbons (Fsp3) is 0.400. The van der Waals surface area contributed by atoms with Gasteiger partial charge < -0.3 is 24.4 Å². The number of rotatable bonds is 9. The molecule has 0 atom stereocenters. The molecule has 8 heteroatoms. The quantitative estimate of drug-likeness (QED) is 0.586. The van der Waals surface area contributed by atoms with Crippen LogP contribution in [0.25, 0.3) is 0 Å². The number of ketones is 1. The third kappa shape index (κ3) is 6.47. The highest BCUT2D eigenvalue weighted by atomic mass is 16.5. The summed E-state index contributed by atoms with van der Waals surface area (Å²) in [5.41, 5.74) is 1.38. The molecule has 0 radical (unpaired) electrons. The Morgan fingerprint density at radius 1 is 0.970 bits per heavy atom. The highest BCUT2D eigenvalue weighted by Crippen LogP contribution is 2.28. The second-order valence-corrected chi connectivity index (χ2v) is 7.92. The van der Waals surface area contributed by atoms with Crippen molar-refractivity contribution >= 4 is 17.6 Å². The van der Waals surface area contributed by atoms with E-state index in [9.17, 15) is 14.4 Å². The number of carbonyl (C=O) groups is 3. The lowest BCUT2D eigenvalue weighted by Gasteiger charge is -2.32. The summed E-state index contributed by atoms with van der Waals surface area (Å²) >= 11 is 0. The molecule has 1 aliphatic rings. The van der Waals surface area contributed by atoms with Crippen LogP contribution >= 0.6 is 0 Å². The van der Waals surface area contributed by atoms with Crippen molar-refractivity contribution in [1.29, 1.82) is 0 Å². The van der Waals surface area contributed by atoms with E-state index < -0.39 is 0 Å². The van der Waals surface area contributed by atoms with Crippen LogP contribution in [0.1, 0.15) is 35.7 Å². The first-order valence-electron chi connectivity index (χ1n) is 10.9. The molecule has 1 aliphatic heterocycles. The molecule has 2 aromatic rings. The van der Waals surface area contributed by atoms with Gasteiger partial charge in [-0.15, -0.1) is 0 Å². The monoisotopic (exact) mass is 454 g/mol. The highest BCUT2D eigenvalue weighted by molar-refractivity contribution is 5.94. The van der Waals surface area contributed by atoms with E-state index in [0.29, 0.717) is 55.2 Å². The van der Waals surface area contributed by atoms with Crippen molar-refractivity contribution in [3.05, 3.63) is 53.6 Å². The van der Waals surface area contributed by atoms with Crippen LogP contribution in [-0.4, -0.2) is 62.5 Å².